The van der Waals surface area contributed by atoms with Gasteiger partial charge in [-0.25, -0.2) is 4.98 Å². The Labute approximate surface area is 122 Å². The van der Waals surface area contributed by atoms with Crippen molar-refractivity contribution < 1.29 is 9.84 Å². The molecule has 0 saturated carbocycles. The Morgan fingerprint density at radius 3 is 2.80 bits per heavy atom. The summed E-state index contributed by atoms with van der Waals surface area (Å²) in [6, 6.07) is 5.98. The lowest BCUT2D eigenvalue weighted by Crippen LogP contribution is -2.17. The van der Waals surface area contributed by atoms with Crippen molar-refractivity contribution in [3.8, 4) is 0 Å². The molecule has 0 radical (unpaired) electrons. The number of aryl methyl sites for hydroxylation is 1. The number of thiazole rings is 1. The van der Waals surface area contributed by atoms with Crippen molar-refractivity contribution in [2.24, 2.45) is 0 Å². The summed E-state index contributed by atoms with van der Waals surface area (Å²) in [5.41, 5.74) is 2.81. The molecule has 0 bridgehead atoms. The highest BCUT2D eigenvalue weighted by Crippen LogP contribution is 2.27. The fraction of sp³-hybridized carbons (Fsp3) is 0.429. The number of rotatable bonds is 6. The van der Waals surface area contributed by atoms with Gasteiger partial charge in [0.1, 0.15) is 0 Å². The Morgan fingerprint density at radius 2 is 2.15 bits per heavy atom. The maximum Gasteiger partial charge on any atom is 0.186 e. The monoisotopic (exact) mass is 293 g/mol. The molecule has 2 rings (SSSR count). The minimum absolute atomic E-state index is 0.00705. The number of anilines is 1. The highest BCUT2D eigenvalue weighted by atomic mass is 32.1. The van der Waals surface area contributed by atoms with E-state index in [2.05, 4.69) is 9.97 Å². The lowest BCUT2D eigenvalue weighted by atomic mass is 10.3. The number of nitrogens with zero attached hydrogens (tertiary/aromatic N) is 3. The zero-order chi connectivity index (χ0) is 14.5. The van der Waals surface area contributed by atoms with Crippen molar-refractivity contribution in [3.05, 3.63) is 40.2 Å². The summed E-state index contributed by atoms with van der Waals surface area (Å²) < 4.78 is 5.10. The van der Waals surface area contributed by atoms with Crippen LogP contribution in [0.25, 0.3) is 0 Å². The summed E-state index contributed by atoms with van der Waals surface area (Å²) >= 11 is 1.49. The smallest absolute Gasteiger partial charge is 0.186 e. The first kappa shape index (κ1) is 14.9. The molecule has 2 heterocycles. The minimum Gasteiger partial charge on any atom is -0.391 e. The SMILES string of the molecule is COCc1nc(N(C)Cc2cccc(C)n2)sc1CO. The van der Waals surface area contributed by atoms with Gasteiger partial charge in [-0.1, -0.05) is 17.4 Å². The maximum absolute atomic E-state index is 9.35. The third kappa shape index (κ3) is 3.53. The standard InChI is InChI=1S/C14H19N3O2S/c1-10-5-4-6-11(15-10)7-17(2)14-16-12(9-19-3)13(8-18)20-14/h4-6,18H,7-9H2,1-3H3. The number of aromatic nitrogens is 2. The molecule has 0 atom stereocenters. The van der Waals surface area contributed by atoms with Crippen LogP contribution in [0.1, 0.15) is 22.0 Å². The third-order valence-corrected chi connectivity index (χ3v) is 4.06. The molecule has 20 heavy (non-hydrogen) atoms. The van der Waals surface area contributed by atoms with Gasteiger partial charge in [-0.3, -0.25) is 4.98 Å². The zero-order valence-corrected chi connectivity index (χ0v) is 12.8. The molecule has 0 spiro atoms. The van der Waals surface area contributed by atoms with E-state index in [4.69, 9.17) is 4.74 Å². The Bertz CT molecular complexity index is 571. The van der Waals surface area contributed by atoms with Gasteiger partial charge in [0.2, 0.25) is 0 Å². The van der Waals surface area contributed by atoms with E-state index in [1.165, 1.54) is 11.3 Å². The zero-order valence-electron chi connectivity index (χ0n) is 12.0. The number of ether oxygens (including phenoxy) is 1. The van der Waals surface area contributed by atoms with Crippen LogP contribution in [0.15, 0.2) is 18.2 Å². The van der Waals surface area contributed by atoms with Crippen molar-refractivity contribution in [1.82, 2.24) is 9.97 Å². The van der Waals surface area contributed by atoms with Crippen molar-refractivity contribution in [1.29, 1.82) is 0 Å². The van der Waals surface area contributed by atoms with Crippen molar-refractivity contribution >= 4 is 16.5 Å². The van der Waals surface area contributed by atoms with E-state index < -0.39 is 0 Å². The van der Waals surface area contributed by atoms with Gasteiger partial charge in [0.05, 0.1) is 36.0 Å². The van der Waals surface area contributed by atoms with E-state index in [0.717, 1.165) is 27.1 Å². The predicted molar refractivity (Wildman–Crippen MR) is 79.8 cm³/mol. The largest absolute Gasteiger partial charge is 0.391 e. The van der Waals surface area contributed by atoms with E-state index in [1.807, 2.05) is 37.1 Å². The molecule has 0 aliphatic carbocycles. The summed E-state index contributed by atoms with van der Waals surface area (Å²) in [6.45, 7) is 3.08. The van der Waals surface area contributed by atoms with Crippen molar-refractivity contribution in [3.63, 3.8) is 0 Å². The molecule has 0 fully saturated rings. The summed E-state index contributed by atoms with van der Waals surface area (Å²) in [4.78, 5) is 11.9. The first-order valence-electron chi connectivity index (χ1n) is 6.36. The first-order valence-corrected chi connectivity index (χ1v) is 7.17. The van der Waals surface area contributed by atoms with Crippen LogP contribution in [0.3, 0.4) is 0 Å². The predicted octanol–water partition coefficient (Wildman–Crippen LogP) is 2.12. The van der Waals surface area contributed by atoms with E-state index in [-0.39, 0.29) is 6.61 Å². The van der Waals surface area contributed by atoms with Crippen LogP contribution in [-0.4, -0.2) is 29.2 Å². The molecule has 108 valence electrons. The molecule has 0 aliphatic rings. The van der Waals surface area contributed by atoms with Gasteiger partial charge < -0.3 is 14.7 Å². The second-order valence-electron chi connectivity index (χ2n) is 4.58. The van der Waals surface area contributed by atoms with Gasteiger partial charge in [-0.15, -0.1) is 0 Å². The van der Waals surface area contributed by atoms with E-state index >= 15 is 0 Å². The molecule has 0 amide bonds. The van der Waals surface area contributed by atoms with Crippen molar-refractivity contribution in [2.45, 2.75) is 26.7 Å². The van der Waals surface area contributed by atoms with Crippen LogP contribution in [0.5, 0.6) is 0 Å². The third-order valence-electron chi connectivity index (χ3n) is 2.86. The Hall–Kier alpha value is -1.50. The van der Waals surface area contributed by atoms with E-state index in [9.17, 15) is 5.11 Å². The van der Waals surface area contributed by atoms with Crippen LogP contribution in [-0.2, 0) is 24.5 Å². The Morgan fingerprint density at radius 1 is 1.35 bits per heavy atom. The number of hydrogen-bond donors (Lipinski definition) is 1. The fourth-order valence-corrected chi connectivity index (χ4v) is 2.79. The topological polar surface area (TPSA) is 58.5 Å². The average Bonchev–Trinajstić information content (AvgIpc) is 2.82. The highest BCUT2D eigenvalue weighted by Gasteiger charge is 2.14. The van der Waals surface area contributed by atoms with Gasteiger partial charge in [0.15, 0.2) is 5.13 Å². The van der Waals surface area contributed by atoms with Gasteiger partial charge >= 0.3 is 0 Å². The van der Waals surface area contributed by atoms with Crippen LogP contribution in [0.2, 0.25) is 0 Å². The van der Waals surface area contributed by atoms with Gasteiger partial charge in [-0.05, 0) is 19.1 Å². The molecule has 0 unspecified atom stereocenters. The minimum atomic E-state index is -0.00705. The second kappa shape index (κ2) is 6.78. The molecule has 2 aromatic rings. The van der Waals surface area contributed by atoms with Crippen LogP contribution < -0.4 is 4.90 Å². The Kier molecular flexibility index (Phi) is 5.05. The van der Waals surface area contributed by atoms with Crippen LogP contribution in [0, 0.1) is 6.92 Å². The number of aliphatic hydroxyl groups is 1. The fourth-order valence-electron chi connectivity index (χ4n) is 1.90. The average molecular weight is 293 g/mol. The molecule has 6 heteroatoms. The molecular weight excluding hydrogens is 274 g/mol. The number of methoxy groups -OCH3 is 1. The molecule has 0 aromatic carbocycles. The normalized spacial score (nSPS) is 10.8. The number of pyridine rings is 1. The summed E-state index contributed by atoms with van der Waals surface area (Å²) in [7, 11) is 3.60. The van der Waals surface area contributed by atoms with Gasteiger partial charge in [-0.2, -0.15) is 0 Å². The molecule has 0 aliphatic heterocycles. The second-order valence-corrected chi connectivity index (χ2v) is 5.65. The number of hydrogen-bond acceptors (Lipinski definition) is 6. The summed E-state index contributed by atoms with van der Waals surface area (Å²) in [5.74, 6) is 0. The summed E-state index contributed by atoms with van der Waals surface area (Å²) in [5, 5.41) is 10.2. The van der Waals surface area contributed by atoms with Crippen molar-refractivity contribution in [2.75, 3.05) is 19.1 Å². The lowest BCUT2D eigenvalue weighted by Gasteiger charge is -2.15. The Balaban J connectivity index is 2.14. The van der Waals surface area contributed by atoms with Gasteiger partial charge in [0.25, 0.3) is 0 Å². The van der Waals surface area contributed by atoms with E-state index in [1.54, 1.807) is 7.11 Å². The van der Waals surface area contributed by atoms with Gasteiger partial charge in [0, 0.05) is 19.9 Å². The maximum atomic E-state index is 9.35. The first-order chi connectivity index (χ1) is 9.63. The number of aliphatic hydroxyl groups excluding tert-OH is 1. The molecule has 5 nitrogen and oxygen atoms in total. The molecular formula is C14H19N3O2S. The summed E-state index contributed by atoms with van der Waals surface area (Å²) in [6.07, 6.45) is 0. The lowest BCUT2D eigenvalue weighted by molar-refractivity contribution is 0.179. The highest BCUT2D eigenvalue weighted by molar-refractivity contribution is 7.15. The molecule has 2 aromatic heterocycles. The van der Waals surface area contributed by atoms with Crippen LogP contribution in [0.4, 0.5) is 5.13 Å². The van der Waals surface area contributed by atoms with E-state index in [0.29, 0.717) is 13.2 Å². The molecule has 0 saturated heterocycles. The quantitative estimate of drug-likeness (QED) is 0.884. The van der Waals surface area contributed by atoms with Crippen LogP contribution >= 0.6 is 11.3 Å². The molecule has 1 N–H and O–H groups in total.